The van der Waals surface area contributed by atoms with Crippen molar-refractivity contribution in [3.63, 3.8) is 0 Å². The van der Waals surface area contributed by atoms with Crippen molar-refractivity contribution in [1.29, 1.82) is 0 Å². The third-order valence-corrected chi connectivity index (χ3v) is 4.88. The zero-order chi connectivity index (χ0) is 13.0. The van der Waals surface area contributed by atoms with Crippen LogP contribution in [0.2, 0.25) is 0 Å². The van der Waals surface area contributed by atoms with Crippen LogP contribution in [0.1, 0.15) is 27.2 Å². The Balaban J connectivity index is 0. The van der Waals surface area contributed by atoms with Gasteiger partial charge in [0.25, 0.3) is 0 Å². The maximum atomic E-state index is 11.5. The normalized spacial score (nSPS) is 16.6. The first-order chi connectivity index (χ1) is 7.19. The van der Waals surface area contributed by atoms with Gasteiger partial charge in [0, 0.05) is 0 Å². The van der Waals surface area contributed by atoms with Gasteiger partial charge in [-0.3, -0.25) is 4.57 Å². The van der Waals surface area contributed by atoms with Gasteiger partial charge in [-0.15, -0.1) is 0 Å². The molecular formula is C8H16Cl2NaO5P. The van der Waals surface area contributed by atoms with Crippen molar-refractivity contribution in [2.45, 2.75) is 37.4 Å². The number of alkyl halides is 2. The fraction of sp³-hybridized carbons (Fsp3) is 0.875. The van der Waals surface area contributed by atoms with Crippen LogP contribution in [0.5, 0.6) is 0 Å². The predicted octanol–water partition coefficient (Wildman–Crippen LogP) is 2.03. The zero-order valence-electron chi connectivity index (χ0n) is 9.27. The molecule has 5 nitrogen and oxygen atoms in total. The fourth-order valence-electron chi connectivity index (χ4n) is 0.708. The number of esters is 1. The molecule has 0 saturated heterocycles. The van der Waals surface area contributed by atoms with Crippen molar-refractivity contribution in [2.75, 3.05) is 6.61 Å². The second kappa shape index (κ2) is 8.39. The average Bonchev–Trinajstić information content (AvgIpc) is 2.16. The summed E-state index contributed by atoms with van der Waals surface area (Å²) in [6.07, 6.45) is 0.103. The number of halogens is 2. The van der Waals surface area contributed by atoms with Crippen LogP contribution >= 0.6 is 30.8 Å². The molecule has 0 rings (SSSR count). The van der Waals surface area contributed by atoms with Crippen LogP contribution < -0.4 is 0 Å². The summed E-state index contributed by atoms with van der Waals surface area (Å²) < 4.78 is 18.2. The second-order valence-electron chi connectivity index (χ2n) is 3.10. The molecule has 17 heavy (non-hydrogen) atoms. The molecule has 0 fully saturated rings. The molecule has 0 aliphatic carbocycles. The fourth-order valence-corrected chi connectivity index (χ4v) is 1.89. The maximum absolute atomic E-state index is 11.5. The molecule has 0 spiro atoms. The van der Waals surface area contributed by atoms with Gasteiger partial charge in [0.2, 0.25) is 0 Å². The first-order valence-electron chi connectivity index (χ1n) is 4.75. The summed E-state index contributed by atoms with van der Waals surface area (Å²) >= 11 is 11.0. The molecule has 0 amide bonds. The number of carbonyl (C=O) groups excluding carboxylic acids is 1. The topological polar surface area (TPSA) is 72.8 Å². The summed E-state index contributed by atoms with van der Waals surface area (Å²) in [6, 6.07) is 0. The van der Waals surface area contributed by atoms with Crippen LogP contribution in [0.3, 0.4) is 0 Å². The second-order valence-corrected chi connectivity index (χ2v) is 6.93. The molecule has 0 aliphatic heterocycles. The Morgan fingerprint density at radius 3 is 2.29 bits per heavy atom. The van der Waals surface area contributed by atoms with E-state index >= 15 is 0 Å². The minimum atomic E-state index is -4.46. The van der Waals surface area contributed by atoms with Gasteiger partial charge in [0.15, 0.2) is 0 Å². The van der Waals surface area contributed by atoms with Crippen LogP contribution in [0.4, 0.5) is 0 Å². The molecule has 0 saturated carbocycles. The molecule has 0 heterocycles. The van der Waals surface area contributed by atoms with Gasteiger partial charge in [0.1, 0.15) is 0 Å². The molecule has 0 aromatic rings. The van der Waals surface area contributed by atoms with E-state index in [4.69, 9.17) is 27.9 Å². The van der Waals surface area contributed by atoms with Gasteiger partial charge < -0.3 is 14.2 Å². The molecular weight excluding hydrogens is 301 g/mol. The third kappa shape index (κ3) is 5.79. The summed E-state index contributed by atoms with van der Waals surface area (Å²) in [4.78, 5) is 20.8. The van der Waals surface area contributed by atoms with Gasteiger partial charge in [-0.05, 0) is 20.3 Å². The Kier molecular flexibility index (Phi) is 10.1. The molecule has 0 radical (unpaired) electrons. The van der Waals surface area contributed by atoms with E-state index in [1.807, 2.05) is 0 Å². The molecule has 98 valence electrons. The van der Waals surface area contributed by atoms with Crippen molar-refractivity contribution in [2.24, 2.45) is 0 Å². The van der Waals surface area contributed by atoms with Crippen LogP contribution in [0, 0.1) is 0 Å². The van der Waals surface area contributed by atoms with Crippen molar-refractivity contribution in [1.82, 2.24) is 0 Å². The summed E-state index contributed by atoms with van der Waals surface area (Å²) in [5.74, 6) is -1.18. The van der Waals surface area contributed by atoms with Crippen LogP contribution in [-0.2, 0) is 18.6 Å². The number of ether oxygens (including phenoxy) is 1. The van der Waals surface area contributed by atoms with Gasteiger partial charge in [-0.25, -0.2) is 4.79 Å². The first kappa shape index (κ1) is 20.5. The summed E-state index contributed by atoms with van der Waals surface area (Å²) in [7, 11) is -4.46. The number of carbonyl (C=O) groups is 1. The van der Waals surface area contributed by atoms with Crippen molar-refractivity contribution in [3.05, 3.63) is 0 Å². The Hall–Kier alpha value is 1.20. The summed E-state index contributed by atoms with van der Waals surface area (Å²) in [5, 5.41) is 0. The van der Waals surface area contributed by atoms with E-state index in [2.05, 4.69) is 4.52 Å². The quantitative estimate of drug-likeness (QED) is 0.351. The number of rotatable bonds is 6. The average molecular weight is 317 g/mol. The van der Waals surface area contributed by atoms with Crippen molar-refractivity contribution < 1.29 is 23.5 Å². The van der Waals surface area contributed by atoms with E-state index in [9.17, 15) is 14.3 Å². The molecule has 0 aliphatic rings. The third-order valence-electron chi connectivity index (χ3n) is 1.79. The molecule has 0 aromatic carbocycles. The van der Waals surface area contributed by atoms with Gasteiger partial charge in [-0.2, -0.15) is 0 Å². The van der Waals surface area contributed by atoms with Gasteiger partial charge in [-0.1, -0.05) is 30.1 Å². The van der Waals surface area contributed by atoms with E-state index in [1.54, 1.807) is 13.8 Å². The van der Waals surface area contributed by atoms with Crippen molar-refractivity contribution >= 4 is 66.3 Å². The molecule has 2 atom stereocenters. The summed E-state index contributed by atoms with van der Waals surface area (Å²) in [5.41, 5.74) is 0. The Morgan fingerprint density at radius 2 is 1.94 bits per heavy atom. The summed E-state index contributed by atoms with van der Waals surface area (Å²) in [6.45, 7) is 4.78. The molecule has 9 heteroatoms. The zero-order valence-corrected chi connectivity index (χ0v) is 11.7. The van der Waals surface area contributed by atoms with E-state index in [1.165, 1.54) is 6.92 Å². The minimum absolute atomic E-state index is 0. The Morgan fingerprint density at radius 1 is 1.47 bits per heavy atom. The van der Waals surface area contributed by atoms with Gasteiger partial charge in [0.05, 0.1) is 12.7 Å². The predicted molar refractivity (Wildman–Crippen MR) is 68.9 cm³/mol. The van der Waals surface area contributed by atoms with Crippen molar-refractivity contribution in [3.8, 4) is 0 Å². The van der Waals surface area contributed by atoms with Gasteiger partial charge >= 0.3 is 47.2 Å². The van der Waals surface area contributed by atoms with E-state index in [0.717, 1.165) is 0 Å². The molecule has 0 bridgehead atoms. The SMILES string of the molecule is CCOP(=O)(O)C(Cl)(Cl)C(=O)OC(C)CC.[NaH]. The number of hydrogen-bond acceptors (Lipinski definition) is 4. The van der Waals surface area contributed by atoms with Crippen LogP contribution in [0.25, 0.3) is 0 Å². The Bertz CT molecular complexity index is 300. The van der Waals surface area contributed by atoms with E-state index in [0.29, 0.717) is 6.42 Å². The monoisotopic (exact) mass is 316 g/mol. The van der Waals surface area contributed by atoms with E-state index < -0.39 is 23.7 Å². The molecule has 1 N–H and O–H groups in total. The first-order valence-corrected chi connectivity index (χ1v) is 7.08. The van der Waals surface area contributed by atoms with E-state index in [-0.39, 0.29) is 36.2 Å². The molecule has 0 aromatic heterocycles. The number of hydrogen-bond donors (Lipinski definition) is 1. The standard InChI is InChI=1S/C8H15Cl2O5P.Na.H/c1-4-6(3)15-7(11)8(9,10)16(12,13)14-5-2;;/h6H,4-5H2,1-3H3,(H,12,13);;. The Labute approximate surface area is 133 Å². The van der Waals surface area contributed by atoms with Crippen LogP contribution in [-0.4, -0.2) is 57.2 Å². The van der Waals surface area contributed by atoms with Crippen LogP contribution in [0.15, 0.2) is 0 Å². The molecule has 2 unspecified atom stereocenters.